The van der Waals surface area contributed by atoms with E-state index in [0.717, 1.165) is 0 Å². The Balaban J connectivity index is 2.94. The van der Waals surface area contributed by atoms with Crippen molar-refractivity contribution in [3.63, 3.8) is 0 Å². The van der Waals surface area contributed by atoms with Crippen LogP contribution in [0, 0.1) is 5.41 Å². The summed E-state index contributed by atoms with van der Waals surface area (Å²) in [6.07, 6.45) is 1.19. The minimum Gasteiger partial charge on any atom is -0.466 e. The van der Waals surface area contributed by atoms with Gasteiger partial charge in [-0.05, 0) is 0 Å². The molecule has 0 saturated carbocycles. The van der Waals surface area contributed by atoms with Crippen molar-refractivity contribution >= 4 is 11.9 Å². The lowest BCUT2D eigenvalue weighted by Gasteiger charge is -2.13. The summed E-state index contributed by atoms with van der Waals surface area (Å²) in [4.78, 5) is 22.0. The van der Waals surface area contributed by atoms with E-state index in [1.165, 1.54) is 13.2 Å². The van der Waals surface area contributed by atoms with E-state index in [1.54, 1.807) is 0 Å². The molecule has 1 heterocycles. The molecule has 1 aliphatic heterocycles. The molecule has 0 aromatic carbocycles. The summed E-state index contributed by atoms with van der Waals surface area (Å²) in [7, 11) is 1.27. The minimum absolute atomic E-state index is 0.314. The first-order valence-electron chi connectivity index (χ1n) is 3.94. The maximum absolute atomic E-state index is 11.1. The van der Waals surface area contributed by atoms with Gasteiger partial charge in [-0.1, -0.05) is 13.8 Å². The smallest absolute Gasteiger partial charge is 0.334 e. The van der Waals surface area contributed by atoms with Gasteiger partial charge in [0.25, 0.3) is 0 Å². The molecule has 72 valence electrons. The van der Waals surface area contributed by atoms with Gasteiger partial charge in [-0.2, -0.15) is 0 Å². The number of hydrogen-bond acceptors (Lipinski definition) is 4. The zero-order chi connectivity index (χ0) is 10.1. The quantitative estimate of drug-likeness (QED) is 0.444. The molecular formula is C9H12O4. The molecule has 0 aliphatic carbocycles. The first-order valence-corrected chi connectivity index (χ1v) is 3.94. The van der Waals surface area contributed by atoms with Crippen LogP contribution in [-0.4, -0.2) is 25.7 Å². The highest BCUT2D eigenvalue weighted by Gasteiger charge is 2.38. The minimum atomic E-state index is -0.526. The van der Waals surface area contributed by atoms with Crippen LogP contribution in [0.5, 0.6) is 0 Å². The first-order chi connectivity index (χ1) is 5.97. The van der Waals surface area contributed by atoms with Crippen molar-refractivity contribution in [3.8, 4) is 0 Å². The largest absolute Gasteiger partial charge is 0.466 e. The van der Waals surface area contributed by atoms with E-state index in [-0.39, 0.29) is 0 Å². The Kier molecular flexibility index (Phi) is 2.40. The van der Waals surface area contributed by atoms with Crippen molar-refractivity contribution < 1.29 is 19.1 Å². The molecule has 1 rings (SSSR count). The predicted octanol–water partition coefficient (Wildman–Crippen LogP) is 0.669. The summed E-state index contributed by atoms with van der Waals surface area (Å²) in [5.74, 6) is -0.961. The zero-order valence-electron chi connectivity index (χ0n) is 7.92. The standard InChI is InChI=1S/C9H12O4/c1-9(2)5-13-8(11)6(9)4-7(10)12-3/h4H,5H2,1-3H3/b6-4+. The SMILES string of the molecule is COC(=O)/C=C1\C(=O)OCC1(C)C. The van der Waals surface area contributed by atoms with E-state index in [1.807, 2.05) is 13.8 Å². The highest BCUT2D eigenvalue weighted by Crippen LogP contribution is 2.33. The molecular weight excluding hydrogens is 172 g/mol. The highest BCUT2D eigenvalue weighted by atomic mass is 16.5. The number of cyclic esters (lactones) is 1. The Morgan fingerprint density at radius 1 is 1.62 bits per heavy atom. The maximum Gasteiger partial charge on any atom is 0.334 e. The lowest BCUT2D eigenvalue weighted by molar-refractivity contribution is -0.137. The van der Waals surface area contributed by atoms with E-state index in [4.69, 9.17) is 4.74 Å². The van der Waals surface area contributed by atoms with Gasteiger partial charge in [-0.15, -0.1) is 0 Å². The van der Waals surface area contributed by atoms with Crippen molar-refractivity contribution in [1.29, 1.82) is 0 Å². The van der Waals surface area contributed by atoms with Gasteiger partial charge in [0.05, 0.1) is 12.7 Å². The Morgan fingerprint density at radius 2 is 2.23 bits per heavy atom. The second kappa shape index (κ2) is 3.20. The van der Waals surface area contributed by atoms with E-state index < -0.39 is 17.4 Å². The van der Waals surface area contributed by atoms with Crippen LogP contribution in [0.15, 0.2) is 11.6 Å². The third-order valence-electron chi connectivity index (χ3n) is 1.98. The third-order valence-corrected chi connectivity index (χ3v) is 1.98. The van der Waals surface area contributed by atoms with Gasteiger partial charge in [0.2, 0.25) is 0 Å². The molecule has 13 heavy (non-hydrogen) atoms. The van der Waals surface area contributed by atoms with Gasteiger partial charge in [0.15, 0.2) is 0 Å². The molecule has 0 radical (unpaired) electrons. The molecule has 0 atom stereocenters. The fourth-order valence-corrected chi connectivity index (χ4v) is 1.11. The maximum atomic E-state index is 11.1. The fourth-order valence-electron chi connectivity index (χ4n) is 1.11. The summed E-state index contributed by atoms with van der Waals surface area (Å²) >= 11 is 0. The van der Waals surface area contributed by atoms with Crippen LogP contribution in [0.3, 0.4) is 0 Å². The number of carbonyl (C=O) groups excluding carboxylic acids is 2. The molecule has 4 nitrogen and oxygen atoms in total. The van der Waals surface area contributed by atoms with Crippen LogP contribution >= 0.6 is 0 Å². The zero-order valence-corrected chi connectivity index (χ0v) is 7.92. The second-order valence-corrected chi connectivity index (χ2v) is 3.54. The van der Waals surface area contributed by atoms with Gasteiger partial charge in [0.1, 0.15) is 6.61 Å². The summed E-state index contributed by atoms with van der Waals surface area (Å²) < 4.78 is 9.24. The Hall–Kier alpha value is -1.32. The summed E-state index contributed by atoms with van der Waals surface area (Å²) in [5, 5.41) is 0. The van der Waals surface area contributed by atoms with Crippen LogP contribution in [-0.2, 0) is 19.1 Å². The Labute approximate surface area is 76.5 Å². The summed E-state index contributed by atoms with van der Waals surface area (Å²) in [6, 6.07) is 0. The number of ether oxygens (including phenoxy) is 2. The van der Waals surface area contributed by atoms with Crippen molar-refractivity contribution in [2.45, 2.75) is 13.8 Å². The van der Waals surface area contributed by atoms with Gasteiger partial charge >= 0.3 is 11.9 Å². The summed E-state index contributed by atoms with van der Waals surface area (Å²) in [6.45, 7) is 3.99. The average Bonchev–Trinajstić information content (AvgIpc) is 2.31. The van der Waals surface area contributed by atoms with E-state index in [2.05, 4.69) is 4.74 Å². The van der Waals surface area contributed by atoms with Crippen molar-refractivity contribution in [3.05, 3.63) is 11.6 Å². The number of rotatable bonds is 1. The highest BCUT2D eigenvalue weighted by molar-refractivity contribution is 5.98. The van der Waals surface area contributed by atoms with Gasteiger partial charge in [-0.3, -0.25) is 0 Å². The molecule has 4 heteroatoms. The van der Waals surface area contributed by atoms with Crippen LogP contribution < -0.4 is 0 Å². The molecule has 0 amide bonds. The van der Waals surface area contributed by atoms with Crippen molar-refractivity contribution in [2.75, 3.05) is 13.7 Å². The molecule has 1 aliphatic rings. The molecule has 0 N–H and O–H groups in total. The van der Waals surface area contributed by atoms with Crippen LogP contribution in [0.25, 0.3) is 0 Å². The third kappa shape index (κ3) is 1.88. The lowest BCUT2D eigenvalue weighted by atomic mass is 9.87. The topological polar surface area (TPSA) is 52.6 Å². The Bertz CT molecular complexity index is 275. The van der Waals surface area contributed by atoms with Gasteiger partial charge < -0.3 is 9.47 Å². The van der Waals surface area contributed by atoms with Crippen molar-refractivity contribution in [2.24, 2.45) is 5.41 Å². The molecule has 0 aromatic rings. The number of carbonyl (C=O) groups is 2. The van der Waals surface area contributed by atoms with Crippen LogP contribution in [0.2, 0.25) is 0 Å². The van der Waals surface area contributed by atoms with E-state index >= 15 is 0 Å². The van der Waals surface area contributed by atoms with Crippen molar-refractivity contribution in [1.82, 2.24) is 0 Å². The molecule has 0 unspecified atom stereocenters. The van der Waals surface area contributed by atoms with Gasteiger partial charge in [0, 0.05) is 11.5 Å². The monoisotopic (exact) mass is 184 g/mol. The normalized spacial score (nSPS) is 23.0. The molecule has 0 aromatic heterocycles. The molecule has 1 saturated heterocycles. The lowest BCUT2D eigenvalue weighted by Crippen LogP contribution is -2.15. The molecule has 1 fully saturated rings. The molecule has 0 spiro atoms. The van der Waals surface area contributed by atoms with Gasteiger partial charge in [-0.25, -0.2) is 9.59 Å². The predicted molar refractivity (Wildman–Crippen MR) is 44.8 cm³/mol. The molecule has 0 bridgehead atoms. The number of hydrogen-bond donors (Lipinski definition) is 0. The van der Waals surface area contributed by atoms with E-state index in [0.29, 0.717) is 12.2 Å². The van der Waals surface area contributed by atoms with Crippen LogP contribution in [0.4, 0.5) is 0 Å². The fraction of sp³-hybridized carbons (Fsp3) is 0.556. The number of methoxy groups -OCH3 is 1. The number of esters is 2. The average molecular weight is 184 g/mol. The Morgan fingerprint density at radius 3 is 2.62 bits per heavy atom. The van der Waals surface area contributed by atoms with Crippen LogP contribution in [0.1, 0.15) is 13.8 Å². The summed E-state index contributed by atoms with van der Waals surface area (Å²) in [5.41, 5.74) is -0.0231. The van der Waals surface area contributed by atoms with E-state index in [9.17, 15) is 9.59 Å². The second-order valence-electron chi connectivity index (χ2n) is 3.54. The first kappa shape index (κ1) is 9.77.